The zero-order valence-electron chi connectivity index (χ0n) is 6.34. The number of nitrogens with zero attached hydrogens (tertiary/aromatic N) is 1. The maximum atomic E-state index is 11.4. The Balaban J connectivity index is 3.03. The minimum absolute atomic E-state index is 0.194. The first-order valence-electron chi connectivity index (χ1n) is 3.52. The number of H-pyrrole nitrogens is 1. The minimum atomic E-state index is -0.194. The van der Waals surface area contributed by atoms with Crippen molar-refractivity contribution in [1.29, 1.82) is 0 Å². The predicted molar refractivity (Wildman–Crippen MR) is 60.1 cm³/mol. The summed E-state index contributed by atoms with van der Waals surface area (Å²) in [7, 11) is 0. The van der Waals surface area contributed by atoms with E-state index in [9.17, 15) is 4.79 Å². The highest BCUT2D eigenvalue weighted by Crippen LogP contribution is 2.17. The largest absolute Gasteiger partial charge is 0.301 e. The number of hydrogen-bond acceptors (Lipinski definition) is 2. The Kier molecular flexibility index (Phi) is 2.25. The topological polar surface area (TPSA) is 45.8 Å². The summed E-state index contributed by atoms with van der Waals surface area (Å²) in [5, 5.41) is 0.882. The van der Waals surface area contributed by atoms with Crippen LogP contribution >= 0.6 is 34.2 Å². The van der Waals surface area contributed by atoms with Gasteiger partial charge in [0, 0.05) is 0 Å². The number of hydrogen-bond donors (Lipinski definition) is 1. The van der Waals surface area contributed by atoms with Gasteiger partial charge in [0.25, 0.3) is 5.56 Å². The van der Waals surface area contributed by atoms with Gasteiger partial charge in [-0.05, 0) is 34.7 Å². The van der Waals surface area contributed by atoms with Gasteiger partial charge >= 0.3 is 0 Å². The normalized spacial score (nSPS) is 10.6. The summed E-state index contributed by atoms with van der Waals surface area (Å²) >= 11 is 7.81. The van der Waals surface area contributed by atoms with E-state index in [2.05, 4.69) is 9.97 Å². The zero-order valence-corrected chi connectivity index (χ0v) is 9.26. The molecule has 0 saturated carbocycles. The average molecular weight is 306 g/mol. The van der Waals surface area contributed by atoms with Gasteiger partial charge in [0.1, 0.15) is 0 Å². The molecule has 0 bridgehead atoms. The third-order valence-corrected chi connectivity index (χ3v) is 2.48. The molecule has 0 saturated heterocycles. The van der Waals surface area contributed by atoms with Gasteiger partial charge in [-0.3, -0.25) is 4.79 Å². The van der Waals surface area contributed by atoms with E-state index in [1.54, 1.807) is 18.2 Å². The van der Waals surface area contributed by atoms with Crippen LogP contribution in [-0.4, -0.2) is 9.97 Å². The molecule has 0 amide bonds. The molecule has 5 heteroatoms. The van der Waals surface area contributed by atoms with Crippen molar-refractivity contribution in [2.75, 3.05) is 0 Å². The summed E-state index contributed by atoms with van der Waals surface area (Å²) in [5.41, 5.74) is 0.431. The van der Waals surface area contributed by atoms with E-state index in [4.69, 9.17) is 11.6 Å². The Hall–Kier alpha value is -0.620. The summed E-state index contributed by atoms with van der Waals surface area (Å²) in [6, 6.07) is 5.21. The van der Waals surface area contributed by atoms with Crippen LogP contribution in [0.25, 0.3) is 10.9 Å². The maximum absolute atomic E-state index is 11.4. The van der Waals surface area contributed by atoms with Crippen molar-refractivity contribution in [2.45, 2.75) is 0 Å². The second-order valence-corrected chi connectivity index (χ2v) is 3.92. The average Bonchev–Trinajstić information content (AvgIpc) is 2.02. The van der Waals surface area contributed by atoms with Crippen molar-refractivity contribution in [1.82, 2.24) is 9.97 Å². The van der Waals surface area contributed by atoms with Gasteiger partial charge in [-0.15, -0.1) is 0 Å². The molecular formula is C8H4ClIN2O. The lowest BCUT2D eigenvalue weighted by Crippen LogP contribution is -2.09. The molecule has 0 atom stereocenters. The molecule has 13 heavy (non-hydrogen) atoms. The molecule has 0 aliphatic rings. The van der Waals surface area contributed by atoms with Crippen molar-refractivity contribution in [3.63, 3.8) is 0 Å². The van der Waals surface area contributed by atoms with E-state index in [-0.39, 0.29) is 5.56 Å². The van der Waals surface area contributed by atoms with Crippen molar-refractivity contribution in [2.24, 2.45) is 0 Å². The Morgan fingerprint density at radius 3 is 3.00 bits per heavy atom. The molecular weight excluding hydrogens is 302 g/mol. The monoisotopic (exact) mass is 306 g/mol. The summed E-state index contributed by atoms with van der Waals surface area (Å²) in [4.78, 5) is 18.2. The quantitative estimate of drug-likeness (QED) is 0.599. The third kappa shape index (κ3) is 1.55. The Morgan fingerprint density at radius 1 is 1.46 bits per heavy atom. The lowest BCUT2D eigenvalue weighted by Gasteiger charge is -1.98. The van der Waals surface area contributed by atoms with E-state index in [1.165, 1.54) is 0 Å². The number of nitrogens with one attached hydrogen (secondary N) is 1. The molecule has 0 radical (unpaired) electrons. The van der Waals surface area contributed by atoms with E-state index in [0.717, 1.165) is 0 Å². The molecule has 1 aromatic heterocycles. The second kappa shape index (κ2) is 3.26. The van der Waals surface area contributed by atoms with Crippen molar-refractivity contribution < 1.29 is 0 Å². The molecule has 2 rings (SSSR count). The third-order valence-electron chi connectivity index (χ3n) is 1.65. The van der Waals surface area contributed by atoms with Crippen molar-refractivity contribution in [3.05, 3.63) is 37.4 Å². The molecule has 0 aliphatic heterocycles. The van der Waals surface area contributed by atoms with Gasteiger partial charge in [-0.2, -0.15) is 0 Å². The molecule has 1 heterocycles. The van der Waals surface area contributed by atoms with E-state index in [1.807, 2.05) is 22.6 Å². The van der Waals surface area contributed by atoms with Gasteiger partial charge in [0.05, 0.1) is 15.9 Å². The Labute approximate surface area is 92.3 Å². The molecule has 2 aromatic rings. The van der Waals surface area contributed by atoms with Crippen LogP contribution in [0.5, 0.6) is 0 Å². The van der Waals surface area contributed by atoms with Crippen LogP contribution in [-0.2, 0) is 0 Å². The molecule has 0 spiro atoms. The van der Waals surface area contributed by atoms with Gasteiger partial charge in [-0.1, -0.05) is 17.7 Å². The molecule has 1 aromatic carbocycles. The maximum Gasteiger partial charge on any atom is 0.260 e. The number of fused-ring (bicyclic) bond motifs is 1. The highest BCUT2D eigenvalue weighted by molar-refractivity contribution is 14.1. The summed E-state index contributed by atoms with van der Waals surface area (Å²) in [5.74, 6) is 0. The molecule has 3 nitrogen and oxygen atoms in total. The Morgan fingerprint density at radius 2 is 2.23 bits per heavy atom. The van der Waals surface area contributed by atoms with Gasteiger partial charge in [0.2, 0.25) is 0 Å². The van der Waals surface area contributed by atoms with Crippen LogP contribution in [0.4, 0.5) is 0 Å². The number of rotatable bonds is 0. The smallest absolute Gasteiger partial charge is 0.260 e. The second-order valence-electron chi connectivity index (χ2n) is 2.49. The van der Waals surface area contributed by atoms with Crippen molar-refractivity contribution in [3.8, 4) is 0 Å². The summed E-state index contributed by atoms with van der Waals surface area (Å²) in [6.45, 7) is 0. The van der Waals surface area contributed by atoms with Gasteiger partial charge < -0.3 is 4.98 Å². The van der Waals surface area contributed by atoms with E-state index in [0.29, 0.717) is 19.8 Å². The fraction of sp³-hybridized carbons (Fsp3) is 0. The SMILES string of the molecule is O=c1[nH]c(I)nc2cccc(Cl)c12. The van der Waals surface area contributed by atoms with Crippen LogP contribution in [0.15, 0.2) is 23.0 Å². The summed E-state index contributed by atoms with van der Waals surface area (Å²) < 4.78 is 0.567. The zero-order chi connectivity index (χ0) is 9.42. The highest BCUT2D eigenvalue weighted by atomic mass is 127. The van der Waals surface area contributed by atoms with Crippen LogP contribution < -0.4 is 5.56 Å². The van der Waals surface area contributed by atoms with E-state index < -0.39 is 0 Å². The van der Waals surface area contributed by atoms with Gasteiger partial charge in [0.15, 0.2) is 3.83 Å². The van der Waals surface area contributed by atoms with Crippen LogP contribution in [0.2, 0.25) is 5.02 Å². The number of benzene rings is 1. The molecule has 1 N–H and O–H groups in total. The van der Waals surface area contributed by atoms with Crippen molar-refractivity contribution >= 4 is 45.1 Å². The van der Waals surface area contributed by atoms with Gasteiger partial charge in [-0.25, -0.2) is 4.98 Å². The summed E-state index contributed by atoms with van der Waals surface area (Å²) in [6.07, 6.45) is 0. The fourth-order valence-corrected chi connectivity index (χ4v) is 1.88. The molecule has 66 valence electrons. The van der Waals surface area contributed by atoms with Crippen LogP contribution in [0.3, 0.4) is 0 Å². The highest BCUT2D eigenvalue weighted by Gasteiger charge is 2.04. The number of halogens is 2. The first-order chi connectivity index (χ1) is 6.18. The fourth-order valence-electron chi connectivity index (χ4n) is 1.12. The first-order valence-corrected chi connectivity index (χ1v) is 4.98. The predicted octanol–water partition coefficient (Wildman–Crippen LogP) is 2.18. The Bertz CT molecular complexity index is 523. The minimum Gasteiger partial charge on any atom is -0.301 e. The first kappa shape index (κ1) is 8.96. The molecule has 0 aliphatic carbocycles. The lowest BCUT2D eigenvalue weighted by atomic mass is 10.2. The molecule has 0 unspecified atom stereocenters. The number of aromatic amines is 1. The lowest BCUT2D eigenvalue weighted by molar-refractivity contribution is 1.11. The van der Waals surface area contributed by atoms with Crippen LogP contribution in [0.1, 0.15) is 0 Å². The van der Waals surface area contributed by atoms with E-state index >= 15 is 0 Å². The molecule has 0 fully saturated rings. The number of aromatic nitrogens is 2. The van der Waals surface area contributed by atoms with Crippen LogP contribution in [0, 0.1) is 3.83 Å². The standard InChI is InChI=1S/C8H4ClIN2O/c9-4-2-1-3-5-6(4)7(13)12-8(10)11-5/h1-3H,(H,11,12,13).